The van der Waals surface area contributed by atoms with Crippen molar-refractivity contribution in [1.29, 1.82) is 0 Å². The first-order chi connectivity index (χ1) is 7.79. The summed E-state index contributed by atoms with van der Waals surface area (Å²) in [5.74, 6) is -0.0954. The van der Waals surface area contributed by atoms with Gasteiger partial charge in [-0.05, 0) is 18.0 Å². The predicted molar refractivity (Wildman–Crippen MR) is 64.8 cm³/mol. The second-order valence-electron chi connectivity index (χ2n) is 3.18. The highest BCUT2D eigenvalue weighted by atomic mass is 32.1. The lowest BCUT2D eigenvalue weighted by atomic mass is 10.3. The Balaban J connectivity index is 1.90. The van der Waals surface area contributed by atoms with Gasteiger partial charge in [0.25, 0.3) is 5.91 Å². The number of aryl methyl sites for hydroxylation is 1. The van der Waals surface area contributed by atoms with Gasteiger partial charge in [0.1, 0.15) is 5.01 Å². The van der Waals surface area contributed by atoms with Crippen LogP contribution in [0.25, 0.3) is 0 Å². The number of nitrogens with zero attached hydrogens (tertiary/aromatic N) is 2. The molecule has 0 bridgehead atoms. The van der Waals surface area contributed by atoms with E-state index in [9.17, 15) is 4.79 Å². The molecule has 2 aromatic heterocycles. The Morgan fingerprint density at radius 2 is 2.38 bits per heavy atom. The van der Waals surface area contributed by atoms with Crippen LogP contribution in [0.1, 0.15) is 28.0 Å². The van der Waals surface area contributed by atoms with Crippen molar-refractivity contribution < 1.29 is 4.79 Å². The molecule has 4 nitrogen and oxygen atoms in total. The van der Waals surface area contributed by atoms with Gasteiger partial charge in [0, 0.05) is 10.8 Å². The molecule has 0 aliphatic rings. The van der Waals surface area contributed by atoms with Crippen molar-refractivity contribution in [2.75, 3.05) is 0 Å². The van der Waals surface area contributed by atoms with Crippen molar-refractivity contribution in [3.8, 4) is 0 Å². The van der Waals surface area contributed by atoms with Crippen LogP contribution in [-0.2, 0) is 13.0 Å². The number of amides is 1. The minimum absolute atomic E-state index is 0.0954. The molecule has 0 unspecified atom stereocenters. The van der Waals surface area contributed by atoms with Crippen LogP contribution in [-0.4, -0.2) is 15.3 Å². The van der Waals surface area contributed by atoms with Gasteiger partial charge in [0.15, 0.2) is 0 Å². The summed E-state index contributed by atoms with van der Waals surface area (Å²) in [7, 11) is 0. The van der Waals surface area contributed by atoms with E-state index in [-0.39, 0.29) is 5.91 Å². The summed E-state index contributed by atoms with van der Waals surface area (Å²) in [5, 5.41) is 7.51. The third-order valence-electron chi connectivity index (χ3n) is 2.06. The second-order valence-corrected chi connectivity index (χ2v) is 4.78. The predicted octanol–water partition coefficient (Wildman–Crippen LogP) is 2.09. The first-order valence-corrected chi connectivity index (χ1v) is 6.62. The molecular weight excluding hydrogens is 242 g/mol. The Hall–Kier alpha value is -1.27. The molecule has 84 valence electrons. The third-order valence-corrected chi connectivity index (χ3v) is 3.54. The van der Waals surface area contributed by atoms with Crippen molar-refractivity contribution in [1.82, 2.24) is 14.7 Å². The van der Waals surface area contributed by atoms with Crippen LogP contribution in [0.4, 0.5) is 0 Å². The van der Waals surface area contributed by atoms with Crippen LogP contribution in [0.2, 0.25) is 0 Å². The van der Waals surface area contributed by atoms with Gasteiger partial charge in [-0.3, -0.25) is 4.79 Å². The van der Waals surface area contributed by atoms with E-state index in [1.54, 1.807) is 22.9 Å². The zero-order chi connectivity index (χ0) is 11.4. The van der Waals surface area contributed by atoms with E-state index in [0.717, 1.165) is 17.1 Å². The molecule has 0 radical (unpaired) electrons. The zero-order valence-corrected chi connectivity index (χ0v) is 10.4. The van der Waals surface area contributed by atoms with Gasteiger partial charge in [0.05, 0.1) is 24.0 Å². The lowest BCUT2D eigenvalue weighted by molar-refractivity contribution is 0.0951. The largest absolute Gasteiger partial charge is 0.345 e. The summed E-state index contributed by atoms with van der Waals surface area (Å²) in [6, 6.07) is 0. The Morgan fingerprint density at radius 1 is 1.50 bits per heavy atom. The fourth-order valence-corrected chi connectivity index (χ4v) is 2.50. The molecule has 2 aromatic rings. The molecule has 1 N–H and O–H groups in total. The van der Waals surface area contributed by atoms with Gasteiger partial charge in [-0.15, -0.1) is 11.3 Å². The quantitative estimate of drug-likeness (QED) is 0.907. The number of aromatic nitrogens is 2. The first-order valence-electron chi connectivity index (χ1n) is 4.90. The zero-order valence-electron chi connectivity index (χ0n) is 8.77. The number of thiazole rings is 1. The lowest BCUT2D eigenvalue weighted by Gasteiger charge is -1.99. The number of rotatable bonds is 4. The molecule has 2 rings (SSSR count). The highest BCUT2D eigenvalue weighted by Crippen LogP contribution is 2.10. The maximum absolute atomic E-state index is 11.6. The maximum Gasteiger partial charge on any atom is 0.254 e. The van der Waals surface area contributed by atoms with E-state index < -0.39 is 0 Å². The van der Waals surface area contributed by atoms with Crippen LogP contribution in [0, 0.1) is 0 Å². The van der Waals surface area contributed by atoms with Gasteiger partial charge < -0.3 is 5.32 Å². The van der Waals surface area contributed by atoms with Crippen LogP contribution in [0.3, 0.4) is 0 Å². The Labute approximate surface area is 102 Å². The summed E-state index contributed by atoms with van der Waals surface area (Å²) in [6.07, 6.45) is 2.50. The van der Waals surface area contributed by atoms with Crippen LogP contribution in [0.15, 0.2) is 17.0 Å². The Kier molecular flexibility index (Phi) is 3.63. The van der Waals surface area contributed by atoms with Crippen molar-refractivity contribution in [2.45, 2.75) is 19.9 Å². The summed E-state index contributed by atoms with van der Waals surface area (Å²) in [5.41, 5.74) is 1.68. The topological polar surface area (TPSA) is 54.9 Å². The normalized spacial score (nSPS) is 10.3. The smallest absolute Gasteiger partial charge is 0.254 e. The number of nitrogens with one attached hydrogen (secondary N) is 1. The number of carbonyl (C=O) groups excluding carboxylic acids is 1. The highest BCUT2D eigenvalue weighted by molar-refractivity contribution is 7.09. The molecule has 0 aliphatic heterocycles. The SMILES string of the molecule is CCc1csc(CNC(=O)c2cnsc2)n1. The average Bonchev–Trinajstić information content (AvgIpc) is 2.96. The van der Waals surface area contributed by atoms with Gasteiger partial charge in [-0.1, -0.05) is 6.92 Å². The van der Waals surface area contributed by atoms with E-state index in [2.05, 4.69) is 21.6 Å². The third kappa shape index (κ3) is 2.65. The minimum atomic E-state index is -0.0954. The molecule has 16 heavy (non-hydrogen) atoms. The average molecular weight is 253 g/mol. The highest BCUT2D eigenvalue weighted by Gasteiger charge is 2.07. The summed E-state index contributed by atoms with van der Waals surface area (Å²) in [6.45, 7) is 2.55. The molecule has 0 aromatic carbocycles. The van der Waals surface area contributed by atoms with Crippen LogP contribution >= 0.6 is 22.9 Å². The standard InChI is InChI=1S/C10H11N3OS2/c1-2-8-6-15-9(13-8)4-11-10(14)7-3-12-16-5-7/h3,5-6H,2,4H2,1H3,(H,11,14). The summed E-state index contributed by atoms with van der Waals surface area (Å²) < 4.78 is 3.88. The van der Waals surface area contributed by atoms with Crippen molar-refractivity contribution in [3.63, 3.8) is 0 Å². The molecular formula is C10H11N3OS2. The second kappa shape index (κ2) is 5.18. The molecule has 0 fully saturated rings. The van der Waals surface area contributed by atoms with E-state index in [1.165, 1.54) is 11.5 Å². The lowest BCUT2D eigenvalue weighted by Crippen LogP contribution is -2.22. The molecule has 0 saturated heterocycles. The molecule has 0 aliphatic carbocycles. The number of hydrogen-bond donors (Lipinski definition) is 1. The molecule has 6 heteroatoms. The first kappa shape index (κ1) is 11.2. The Morgan fingerprint density at radius 3 is 3.00 bits per heavy atom. The van der Waals surface area contributed by atoms with E-state index in [1.807, 2.05) is 5.38 Å². The monoisotopic (exact) mass is 253 g/mol. The molecule has 0 spiro atoms. The van der Waals surface area contributed by atoms with Crippen molar-refractivity contribution in [2.24, 2.45) is 0 Å². The minimum Gasteiger partial charge on any atom is -0.345 e. The fraction of sp³-hybridized carbons (Fsp3) is 0.300. The van der Waals surface area contributed by atoms with E-state index >= 15 is 0 Å². The molecule has 0 saturated carbocycles. The van der Waals surface area contributed by atoms with Crippen molar-refractivity contribution >= 4 is 28.8 Å². The Bertz CT molecular complexity index is 464. The van der Waals surface area contributed by atoms with Gasteiger partial charge in [-0.2, -0.15) is 0 Å². The van der Waals surface area contributed by atoms with Gasteiger partial charge >= 0.3 is 0 Å². The van der Waals surface area contributed by atoms with E-state index in [0.29, 0.717) is 12.1 Å². The van der Waals surface area contributed by atoms with Crippen LogP contribution in [0.5, 0.6) is 0 Å². The molecule has 2 heterocycles. The maximum atomic E-state index is 11.6. The fourth-order valence-electron chi connectivity index (χ4n) is 1.17. The number of hydrogen-bond acceptors (Lipinski definition) is 5. The molecule has 0 atom stereocenters. The number of carbonyl (C=O) groups is 1. The summed E-state index contributed by atoms with van der Waals surface area (Å²) in [4.78, 5) is 16.0. The summed E-state index contributed by atoms with van der Waals surface area (Å²) >= 11 is 2.85. The molecule has 1 amide bonds. The van der Waals surface area contributed by atoms with Crippen molar-refractivity contribution in [3.05, 3.63) is 33.2 Å². The van der Waals surface area contributed by atoms with E-state index in [4.69, 9.17) is 0 Å². The van der Waals surface area contributed by atoms with Gasteiger partial charge in [-0.25, -0.2) is 9.36 Å². The van der Waals surface area contributed by atoms with Crippen LogP contribution < -0.4 is 5.32 Å². The van der Waals surface area contributed by atoms with Gasteiger partial charge in [0.2, 0.25) is 0 Å².